The number of benzene rings is 1. The average Bonchev–Trinajstić information content (AvgIpc) is 3.09. The smallest absolute Gasteiger partial charge is 0.228 e. The fourth-order valence-corrected chi connectivity index (χ4v) is 2.72. The van der Waals surface area contributed by atoms with Gasteiger partial charge in [0.25, 0.3) is 0 Å². The van der Waals surface area contributed by atoms with Crippen molar-refractivity contribution in [2.75, 3.05) is 17.6 Å². The number of nitrogens with one attached hydrogen (secondary N) is 2. The van der Waals surface area contributed by atoms with E-state index in [-0.39, 0.29) is 5.95 Å². The fourth-order valence-electron chi connectivity index (χ4n) is 2.72. The lowest BCUT2D eigenvalue weighted by Crippen LogP contribution is -2.11. The van der Waals surface area contributed by atoms with Gasteiger partial charge in [0.05, 0.1) is 11.7 Å². The van der Waals surface area contributed by atoms with Crippen molar-refractivity contribution in [3.8, 4) is 11.4 Å². The van der Waals surface area contributed by atoms with Gasteiger partial charge in [-0.05, 0) is 25.1 Å². The molecule has 3 heterocycles. The van der Waals surface area contributed by atoms with Gasteiger partial charge < -0.3 is 11.1 Å². The highest BCUT2D eigenvalue weighted by atomic mass is 15.2. The highest BCUT2D eigenvalue weighted by molar-refractivity contribution is 5.82. The molecule has 4 N–H and O–H groups in total. The molecule has 4 rings (SSSR count). The number of aromatic nitrogens is 6. The van der Waals surface area contributed by atoms with Crippen LogP contribution in [-0.2, 0) is 6.42 Å². The summed E-state index contributed by atoms with van der Waals surface area (Å²) < 4.78 is 0. The first-order valence-electron chi connectivity index (χ1n) is 8.29. The topological polar surface area (TPSA) is 118 Å². The van der Waals surface area contributed by atoms with Gasteiger partial charge in [-0.25, -0.2) is 0 Å². The number of hydrogen-bond acceptors (Lipinski definition) is 7. The first-order chi connectivity index (χ1) is 12.7. The van der Waals surface area contributed by atoms with Crippen molar-refractivity contribution >= 4 is 22.8 Å². The highest BCUT2D eigenvalue weighted by Gasteiger charge is 2.08. The molecule has 0 bridgehead atoms. The second kappa shape index (κ2) is 6.75. The number of hydrogen-bond donors (Lipinski definition) is 3. The van der Waals surface area contributed by atoms with Crippen LogP contribution < -0.4 is 11.1 Å². The molecule has 0 fully saturated rings. The molecular formula is C18H18N8. The first-order valence-corrected chi connectivity index (χ1v) is 8.29. The molecule has 26 heavy (non-hydrogen) atoms. The zero-order valence-electron chi connectivity index (χ0n) is 14.3. The number of rotatable bonds is 5. The number of nitrogens with zero attached hydrogens (tertiary/aromatic N) is 5. The van der Waals surface area contributed by atoms with Crippen LogP contribution in [0.25, 0.3) is 22.3 Å². The van der Waals surface area contributed by atoms with Gasteiger partial charge in [0.1, 0.15) is 0 Å². The molecule has 0 atom stereocenters. The maximum Gasteiger partial charge on any atom is 0.228 e. The van der Waals surface area contributed by atoms with E-state index >= 15 is 0 Å². The maximum atomic E-state index is 5.86. The second-order valence-electron chi connectivity index (χ2n) is 5.96. The Labute approximate surface area is 149 Å². The molecule has 4 aromatic rings. The number of aryl methyl sites for hydroxylation is 1. The van der Waals surface area contributed by atoms with Gasteiger partial charge in [-0.1, -0.05) is 18.2 Å². The van der Waals surface area contributed by atoms with Crippen molar-refractivity contribution in [1.82, 2.24) is 30.1 Å². The lowest BCUT2D eigenvalue weighted by molar-refractivity contribution is 0.925. The fraction of sp³-hybridized carbons (Fsp3) is 0.167. The zero-order chi connectivity index (χ0) is 17.9. The predicted molar refractivity (Wildman–Crippen MR) is 100 cm³/mol. The van der Waals surface area contributed by atoms with E-state index in [0.29, 0.717) is 18.3 Å². The number of nitrogen functional groups attached to an aromatic ring is 1. The Bertz CT molecular complexity index is 1060. The van der Waals surface area contributed by atoms with Crippen molar-refractivity contribution in [2.24, 2.45) is 0 Å². The van der Waals surface area contributed by atoms with Crippen molar-refractivity contribution in [1.29, 1.82) is 0 Å². The Morgan fingerprint density at radius 2 is 2.00 bits per heavy atom. The van der Waals surface area contributed by atoms with E-state index in [0.717, 1.165) is 34.3 Å². The van der Waals surface area contributed by atoms with Crippen LogP contribution in [0.3, 0.4) is 0 Å². The first kappa shape index (κ1) is 15.9. The Morgan fingerprint density at radius 1 is 1.08 bits per heavy atom. The molecule has 0 amide bonds. The number of pyridine rings is 1. The quantitative estimate of drug-likeness (QED) is 0.507. The van der Waals surface area contributed by atoms with Crippen molar-refractivity contribution in [2.45, 2.75) is 13.3 Å². The Kier molecular flexibility index (Phi) is 4.14. The Morgan fingerprint density at radius 3 is 2.88 bits per heavy atom. The van der Waals surface area contributed by atoms with Crippen molar-refractivity contribution < 1.29 is 0 Å². The molecule has 0 aliphatic rings. The van der Waals surface area contributed by atoms with E-state index in [1.165, 1.54) is 0 Å². The van der Waals surface area contributed by atoms with Crippen molar-refractivity contribution in [3.63, 3.8) is 0 Å². The van der Waals surface area contributed by atoms with Crippen LogP contribution >= 0.6 is 0 Å². The summed E-state index contributed by atoms with van der Waals surface area (Å²) in [5.74, 6) is 1.14. The van der Waals surface area contributed by atoms with Crippen LogP contribution in [0, 0.1) is 6.92 Å². The van der Waals surface area contributed by atoms with Crippen LogP contribution in [0.5, 0.6) is 0 Å². The molecule has 0 aliphatic carbocycles. The zero-order valence-corrected chi connectivity index (χ0v) is 14.3. The van der Waals surface area contributed by atoms with Gasteiger partial charge in [-0.3, -0.25) is 10.1 Å². The van der Waals surface area contributed by atoms with Crippen LogP contribution in [0.4, 0.5) is 11.9 Å². The van der Waals surface area contributed by atoms with Crippen LogP contribution in [0.15, 0.2) is 42.6 Å². The molecule has 8 heteroatoms. The summed E-state index contributed by atoms with van der Waals surface area (Å²) >= 11 is 0. The summed E-state index contributed by atoms with van der Waals surface area (Å²) in [7, 11) is 0. The minimum atomic E-state index is 0.177. The molecular weight excluding hydrogens is 328 g/mol. The summed E-state index contributed by atoms with van der Waals surface area (Å²) in [4.78, 5) is 17.4. The van der Waals surface area contributed by atoms with Gasteiger partial charge in [-0.2, -0.15) is 20.1 Å². The standard InChI is InChI=1S/C18H18N8/c1-11-3-2-4-14(22-11)7-8-20-18-24-16(23-17(19)25-18)12-5-6-13-10-21-26-15(13)9-12/h2-6,9-10H,7-8H2,1H3,(H,21,26)(H3,19,20,23,24,25). The lowest BCUT2D eigenvalue weighted by Gasteiger charge is -2.08. The Hall–Kier alpha value is -3.55. The number of H-pyrrole nitrogens is 1. The molecule has 0 unspecified atom stereocenters. The molecule has 0 radical (unpaired) electrons. The summed E-state index contributed by atoms with van der Waals surface area (Å²) in [6.45, 7) is 2.63. The minimum Gasteiger partial charge on any atom is -0.368 e. The van der Waals surface area contributed by atoms with Crippen LogP contribution in [0.2, 0.25) is 0 Å². The van der Waals surface area contributed by atoms with Gasteiger partial charge in [0.15, 0.2) is 5.82 Å². The molecule has 0 spiro atoms. The molecule has 130 valence electrons. The SMILES string of the molecule is Cc1cccc(CCNc2nc(N)nc(-c3ccc4cn[nH]c4c3)n2)n1. The van der Waals surface area contributed by atoms with E-state index in [1.807, 2.05) is 43.3 Å². The van der Waals surface area contributed by atoms with Crippen molar-refractivity contribution in [3.05, 3.63) is 54.0 Å². The minimum absolute atomic E-state index is 0.177. The van der Waals surface area contributed by atoms with E-state index in [2.05, 4.69) is 35.5 Å². The number of aromatic amines is 1. The largest absolute Gasteiger partial charge is 0.368 e. The molecule has 1 aromatic carbocycles. The lowest BCUT2D eigenvalue weighted by atomic mass is 10.1. The van der Waals surface area contributed by atoms with E-state index in [4.69, 9.17) is 5.73 Å². The van der Waals surface area contributed by atoms with E-state index in [1.54, 1.807) is 6.20 Å². The normalized spacial score (nSPS) is 11.0. The monoisotopic (exact) mass is 346 g/mol. The predicted octanol–water partition coefficient (Wildman–Crippen LogP) is 2.36. The van der Waals surface area contributed by atoms with E-state index < -0.39 is 0 Å². The van der Waals surface area contributed by atoms with Crippen LogP contribution in [0.1, 0.15) is 11.4 Å². The Balaban J connectivity index is 1.52. The van der Waals surface area contributed by atoms with E-state index in [9.17, 15) is 0 Å². The van der Waals surface area contributed by atoms with Crippen LogP contribution in [-0.4, -0.2) is 36.7 Å². The molecule has 0 saturated heterocycles. The number of fused-ring (bicyclic) bond motifs is 1. The maximum absolute atomic E-state index is 5.86. The molecule has 0 aliphatic heterocycles. The third-order valence-electron chi connectivity index (χ3n) is 3.96. The number of anilines is 2. The third-order valence-corrected chi connectivity index (χ3v) is 3.96. The molecule has 3 aromatic heterocycles. The number of nitrogens with two attached hydrogens (primary N) is 1. The summed E-state index contributed by atoms with van der Waals surface area (Å²) in [5, 5.41) is 11.2. The average molecular weight is 346 g/mol. The van der Waals surface area contributed by atoms with Gasteiger partial charge in [0.2, 0.25) is 11.9 Å². The summed E-state index contributed by atoms with van der Waals surface area (Å²) in [6.07, 6.45) is 2.54. The highest BCUT2D eigenvalue weighted by Crippen LogP contribution is 2.21. The van der Waals surface area contributed by atoms with Gasteiger partial charge in [-0.15, -0.1) is 0 Å². The molecule has 0 saturated carbocycles. The summed E-state index contributed by atoms with van der Waals surface area (Å²) in [5.41, 5.74) is 9.64. The summed E-state index contributed by atoms with van der Waals surface area (Å²) in [6, 6.07) is 11.8. The second-order valence-corrected chi connectivity index (χ2v) is 5.96. The van der Waals surface area contributed by atoms with Gasteiger partial charge in [0, 0.05) is 35.3 Å². The third kappa shape index (κ3) is 3.44. The van der Waals surface area contributed by atoms with Gasteiger partial charge >= 0.3 is 0 Å². The molecule has 8 nitrogen and oxygen atoms in total.